The summed E-state index contributed by atoms with van der Waals surface area (Å²) in [6, 6.07) is 8.87. The quantitative estimate of drug-likeness (QED) is 0.878. The number of nitrogens with zero attached hydrogens (tertiary/aromatic N) is 1. The molecule has 1 heterocycles. The molecule has 0 fully saturated rings. The lowest BCUT2D eigenvalue weighted by Gasteiger charge is -2.11. The molecule has 0 aliphatic carbocycles. The van der Waals surface area contributed by atoms with Gasteiger partial charge in [0.15, 0.2) is 0 Å². The highest BCUT2D eigenvalue weighted by Gasteiger charge is 2.07. The fraction of sp³-hybridized carbons (Fsp3) is 0.143. The van der Waals surface area contributed by atoms with E-state index in [4.69, 9.17) is 9.84 Å². The minimum atomic E-state index is -1.08. The van der Waals surface area contributed by atoms with E-state index in [0.29, 0.717) is 23.7 Å². The van der Waals surface area contributed by atoms with Gasteiger partial charge in [0.05, 0.1) is 25.0 Å². The van der Waals surface area contributed by atoms with Crippen molar-refractivity contribution in [1.82, 2.24) is 4.98 Å². The molecule has 2 aromatic rings. The van der Waals surface area contributed by atoms with Crippen molar-refractivity contribution in [2.24, 2.45) is 0 Å². The molecule has 0 saturated carbocycles. The summed E-state index contributed by atoms with van der Waals surface area (Å²) in [4.78, 5) is 14.8. The highest BCUT2D eigenvalue weighted by Crippen LogP contribution is 2.25. The molecule has 0 aliphatic heterocycles. The van der Waals surface area contributed by atoms with Crippen LogP contribution in [0, 0.1) is 5.82 Å². The number of carboxylic acids is 1. The van der Waals surface area contributed by atoms with Crippen molar-refractivity contribution < 1.29 is 19.0 Å². The second-order valence-electron chi connectivity index (χ2n) is 4.02. The molecule has 0 bridgehead atoms. The number of hydrogen-bond donors (Lipinski definition) is 2. The van der Waals surface area contributed by atoms with E-state index in [1.807, 2.05) is 0 Å². The van der Waals surface area contributed by atoms with Crippen LogP contribution in [0.5, 0.6) is 5.75 Å². The molecule has 2 rings (SSSR count). The Morgan fingerprint density at radius 1 is 1.40 bits per heavy atom. The molecule has 6 heteroatoms. The highest BCUT2D eigenvalue weighted by atomic mass is 19.1. The van der Waals surface area contributed by atoms with Crippen LogP contribution in [0.2, 0.25) is 0 Å². The number of halogens is 1. The van der Waals surface area contributed by atoms with Crippen molar-refractivity contribution in [3.05, 3.63) is 53.6 Å². The van der Waals surface area contributed by atoms with Crippen LogP contribution in [0.25, 0.3) is 0 Å². The summed E-state index contributed by atoms with van der Waals surface area (Å²) in [5.74, 6) is -1.09. The lowest BCUT2D eigenvalue weighted by atomic mass is 10.2. The zero-order valence-electron chi connectivity index (χ0n) is 10.8. The van der Waals surface area contributed by atoms with E-state index in [0.717, 1.165) is 0 Å². The van der Waals surface area contributed by atoms with E-state index in [2.05, 4.69) is 10.3 Å². The molecular weight excluding hydrogens is 263 g/mol. The minimum Gasteiger partial charge on any atom is -0.494 e. The van der Waals surface area contributed by atoms with Crippen molar-refractivity contribution in [3.8, 4) is 5.75 Å². The number of hydrogen-bond acceptors (Lipinski definition) is 4. The summed E-state index contributed by atoms with van der Waals surface area (Å²) in [5.41, 5.74) is 1.16. The van der Waals surface area contributed by atoms with Gasteiger partial charge in [-0.25, -0.2) is 14.2 Å². The van der Waals surface area contributed by atoms with Gasteiger partial charge >= 0.3 is 5.97 Å². The number of rotatable bonds is 5. The molecule has 0 atom stereocenters. The van der Waals surface area contributed by atoms with Crippen LogP contribution in [0.4, 0.5) is 10.1 Å². The molecule has 0 aliphatic rings. The number of pyridine rings is 1. The van der Waals surface area contributed by atoms with Gasteiger partial charge in [0.25, 0.3) is 0 Å². The SMILES string of the molecule is COc1cc(F)ccc1NCc1cccc(C(=O)O)n1. The molecule has 2 N–H and O–H groups in total. The Labute approximate surface area is 115 Å². The van der Waals surface area contributed by atoms with Crippen LogP contribution < -0.4 is 10.1 Å². The number of methoxy groups -OCH3 is 1. The summed E-state index contributed by atoms with van der Waals surface area (Å²) in [6.07, 6.45) is 0. The second kappa shape index (κ2) is 6.01. The molecule has 104 valence electrons. The fourth-order valence-electron chi connectivity index (χ4n) is 1.69. The molecule has 0 spiro atoms. The minimum absolute atomic E-state index is 0.0182. The largest absolute Gasteiger partial charge is 0.494 e. The molecule has 0 saturated heterocycles. The smallest absolute Gasteiger partial charge is 0.354 e. The third kappa shape index (κ3) is 3.23. The van der Waals surface area contributed by atoms with Crippen molar-refractivity contribution in [1.29, 1.82) is 0 Å². The lowest BCUT2D eigenvalue weighted by molar-refractivity contribution is 0.0690. The number of carbonyl (C=O) groups is 1. The topological polar surface area (TPSA) is 71.5 Å². The Bertz CT molecular complexity index is 632. The Morgan fingerprint density at radius 2 is 2.20 bits per heavy atom. The average molecular weight is 276 g/mol. The average Bonchev–Trinajstić information content (AvgIpc) is 2.46. The molecule has 20 heavy (non-hydrogen) atoms. The molecule has 1 aromatic carbocycles. The zero-order valence-corrected chi connectivity index (χ0v) is 10.8. The monoisotopic (exact) mass is 276 g/mol. The number of benzene rings is 1. The van der Waals surface area contributed by atoms with Crippen LogP contribution in [-0.4, -0.2) is 23.2 Å². The first-order chi connectivity index (χ1) is 9.60. The number of ether oxygens (including phenoxy) is 1. The predicted molar refractivity (Wildman–Crippen MR) is 71.5 cm³/mol. The third-order valence-corrected chi connectivity index (χ3v) is 2.65. The van der Waals surface area contributed by atoms with E-state index in [1.54, 1.807) is 18.2 Å². The van der Waals surface area contributed by atoms with E-state index in [-0.39, 0.29) is 5.69 Å². The van der Waals surface area contributed by atoms with E-state index >= 15 is 0 Å². The number of nitrogens with one attached hydrogen (secondary N) is 1. The summed E-state index contributed by atoms with van der Waals surface area (Å²) in [5, 5.41) is 11.9. The van der Waals surface area contributed by atoms with Crippen molar-refractivity contribution in [2.75, 3.05) is 12.4 Å². The van der Waals surface area contributed by atoms with E-state index in [9.17, 15) is 9.18 Å². The first-order valence-electron chi connectivity index (χ1n) is 5.87. The number of anilines is 1. The maximum absolute atomic E-state index is 13.1. The van der Waals surface area contributed by atoms with Crippen molar-refractivity contribution in [3.63, 3.8) is 0 Å². The van der Waals surface area contributed by atoms with E-state index < -0.39 is 11.8 Å². The fourth-order valence-corrected chi connectivity index (χ4v) is 1.69. The maximum atomic E-state index is 13.1. The first-order valence-corrected chi connectivity index (χ1v) is 5.87. The van der Waals surface area contributed by atoms with Gasteiger partial charge in [0.1, 0.15) is 17.3 Å². The lowest BCUT2D eigenvalue weighted by Crippen LogP contribution is -2.07. The van der Waals surface area contributed by atoms with Gasteiger partial charge < -0.3 is 15.2 Å². The maximum Gasteiger partial charge on any atom is 0.354 e. The molecule has 0 amide bonds. The summed E-state index contributed by atoms with van der Waals surface area (Å²) >= 11 is 0. The van der Waals surface area contributed by atoms with Crippen molar-refractivity contribution in [2.45, 2.75) is 6.54 Å². The van der Waals surface area contributed by atoms with Crippen LogP contribution in [0.3, 0.4) is 0 Å². The Kier molecular flexibility index (Phi) is 4.14. The van der Waals surface area contributed by atoms with Gasteiger partial charge in [-0.3, -0.25) is 0 Å². The molecule has 0 radical (unpaired) electrons. The van der Waals surface area contributed by atoms with Gasteiger partial charge in [0, 0.05) is 6.07 Å². The van der Waals surface area contributed by atoms with Crippen molar-refractivity contribution >= 4 is 11.7 Å². The summed E-state index contributed by atoms with van der Waals surface area (Å²) < 4.78 is 18.1. The van der Waals surface area contributed by atoms with Gasteiger partial charge in [-0.2, -0.15) is 0 Å². The second-order valence-corrected chi connectivity index (χ2v) is 4.02. The molecule has 0 unspecified atom stereocenters. The van der Waals surface area contributed by atoms with Gasteiger partial charge in [-0.05, 0) is 24.3 Å². The highest BCUT2D eigenvalue weighted by molar-refractivity contribution is 5.85. The normalized spacial score (nSPS) is 10.1. The van der Waals surface area contributed by atoms with Gasteiger partial charge in [0.2, 0.25) is 0 Å². The summed E-state index contributed by atoms with van der Waals surface area (Å²) in [7, 11) is 1.45. The number of carboxylic acid groups (broad SMARTS) is 1. The van der Waals surface area contributed by atoms with Gasteiger partial charge in [-0.1, -0.05) is 6.07 Å². The molecule has 5 nitrogen and oxygen atoms in total. The van der Waals surface area contributed by atoms with Gasteiger partial charge in [-0.15, -0.1) is 0 Å². The van der Waals surface area contributed by atoms with Crippen LogP contribution in [0.1, 0.15) is 16.2 Å². The zero-order chi connectivity index (χ0) is 14.5. The third-order valence-electron chi connectivity index (χ3n) is 2.65. The van der Waals surface area contributed by atoms with Crippen LogP contribution in [0.15, 0.2) is 36.4 Å². The predicted octanol–water partition coefficient (Wildman–Crippen LogP) is 2.54. The standard InChI is InChI=1S/C14H13FN2O3/c1-20-13-7-9(15)5-6-11(13)16-8-10-3-2-4-12(17-10)14(18)19/h2-7,16H,8H2,1H3,(H,18,19). The summed E-state index contributed by atoms with van der Waals surface area (Å²) in [6.45, 7) is 0.309. The Balaban J connectivity index is 2.12. The number of aromatic nitrogens is 1. The first kappa shape index (κ1) is 13.8. The van der Waals surface area contributed by atoms with E-state index in [1.165, 1.54) is 25.3 Å². The van der Waals surface area contributed by atoms with Crippen LogP contribution >= 0.6 is 0 Å². The Morgan fingerprint density at radius 3 is 2.90 bits per heavy atom. The molecule has 1 aromatic heterocycles. The molecular formula is C14H13FN2O3. The van der Waals surface area contributed by atoms with Crippen LogP contribution in [-0.2, 0) is 6.54 Å². The Hall–Kier alpha value is -2.63. The number of aromatic carboxylic acids is 1.